The molecule has 0 aromatic heterocycles. The predicted molar refractivity (Wildman–Crippen MR) is 137 cm³/mol. The van der Waals surface area contributed by atoms with Gasteiger partial charge in [0.2, 0.25) is 5.91 Å². The van der Waals surface area contributed by atoms with Gasteiger partial charge in [0.05, 0.1) is 6.10 Å². The summed E-state index contributed by atoms with van der Waals surface area (Å²) < 4.78 is 6.22. The van der Waals surface area contributed by atoms with Gasteiger partial charge < -0.3 is 20.3 Å². The molecule has 31 heavy (non-hydrogen) atoms. The second-order valence-electron chi connectivity index (χ2n) is 8.35. The average Bonchev–Trinajstić information content (AvgIpc) is 2.78. The molecule has 1 aliphatic heterocycles. The number of nitrogens with zero attached hydrogens (tertiary/aromatic N) is 2. The molecule has 1 aliphatic carbocycles. The highest BCUT2D eigenvalue weighted by Gasteiger charge is 2.23. The number of hydrogen-bond donors (Lipinski definition) is 2. The smallest absolute Gasteiger partial charge is 0.220 e. The van der Waals surface area contributed by atoms with Crippen molar-refractivity contribution in [1.82, 2.24) is 15.5 Å². The van der Waals surface area contributed by atoms with Crippen molar-refractivity contribution < 1.29 is 9.53 Å². The molecule has 0 saturated carbocycles. The van der Waals surface area contributed by atoms with Gasteiger partial charge >= 0.3 is 0 Å². The lowest BCUT2D eigenvalue weighted by Gasteiger charge is -2.34. The first kappa shape index (κ1) is 25.9. The minimum atomic E-state index is 0. The number of carbonyl (C=O) groups excluding carboxylic acids is 1. The topological polar surface area (TPSA) is 66.0 Å². The number of rotatable bonds is 8. The van der Waals surface area contributed by atoms with Crippen molar-refractivity contribution in [3.05, 3.63) is 35.4 Å². The molecule has 1 saturated heterocycles. The Morgan fingerprint density at radius 3 is 2.74 bits per heavy atom. The van der Waals surface area contributed by atoms with E-state index in [9.17, 15) is 4.79 Å². The van der Waals surface area contributed by atoms with Crippen LogP contribution in [0.4, 0.5) is 0 Å². The number of piperidine rings is 1. The van der Waals surface area contributed by atoms with Crippen molar-refractivity contribution in [3.8, 4) is 0 Å². The number of ether oxygens (including phenoxy) is 1. The molecule has 0 radical (unpaired) electrons. The molecule has 174 valence electrons. The van der Waals surface area contributed by atoms with Gasteiger partial charge in [0.25, 0.3) is 0 Å². The van der Waals surface area contributed by atoms with Gasteiger partial charge in [0.15, 0.2) is 5.96 Å². The van der Waals surface area contributed by atoms with E-state index in [-0.39, 0.29) is 36.0 Å². The summed E-state index contributed by atoms with van der Waals surface area (Å²) >= 11 is 0. The van der Waals surface area contributed by atoms with E-state index in [1.807, 2.05) is 0 Å². The van der Waals surface area contributed by atoms with E-state index in [2.05, 4.69) is 46.7 Å². The fraction of sp³-hybridized carbons (Fsp3) is 0.667. The third-order valence-corrected chi connectivity index (χ3v) is 6.20. The molecule has 1 heterocycles. The Labute approximate surface area is 204 Å². The largest absolute Gasteiger partial charge is 0.373 e. The lowest BCUT2D eigenvalue weighted by atomic mass is 9.89. The Kier molecular flexibility index (Phi) is 11.6. The minimum Gasteiger partial charge on any atom is -0.373 e. The molecule has 1 fully saturated rings. The highest BCUT2D eigenvalue weighted by Crippen LogP contribution is 2.32. The van der Waals surface area contributed by atoms with Crippen molar-refractivity contribution in [2.24, 2.45) is 10.9 Å². The zero-order valence-electron chi connectivity index (χ0n) is 19.1. The summed E-state index contributed by atoms with van der Waals surface area (Å²) in [6.45, 7) is 6.42. The van der Waals surface area contributed by atoms with Crippen LogP contribution in [0.3, 0.4) is 0 Å². The minimum absolute atomic E-state index is 0. The van der Waals surface area contributed by atoms with Gasteiger partial charge in [0, 0.05) is 46.3 Å². The van der Waals surface area contributed by atoms with Crippen LogP contribution in [0.25, 0.3) is 0 Å². The molecule has 1 amide bonds. The molecule has 1 unspecified atom stereocenters. The van der Waals surface area contributed by atoms with E-state index >= 15 is 0 Å². The summed E-state index contributed by atoms with van der Waals surface area (Å²) in [6.07, 6.45) is 7.40. The average molecular weight is 543 g/mol. The van der Waals surface area contributed by atoms with Gasteiger partial charge in [-0.05, 0) is 62.5 Å². The molecule has 1 atom stereocenters. The van der Waals surface area contributed by atoms with E-state index in [0.29, 0.717) is 12.3 Å². The zero-order chi connectivity index (χ0) is 21.2. The van der Waals surface area contributed by atoms with Gasteiger partial charge in [0.1, 0.15) is 0 Å². The molecule has 7 heteroatoms. The Morgan fingerprint density at radius 2 is 2.00 bits per heavy atom. The second-order valence-corrected chi connectivity index (χ2v) is 8.35. The van der Waals surface area contributed by atoms with Crippen molar-refractivity contribution in [2.75, 3.05) is 39.8 Å². The number of halogens is 1. The van der Waals surface area contributed by atoms with Crippen molar-refractivity contribution in [3.63, 3.8) is 0 Å². The van der Waals surface area contributed by atoms with Crippen LogP contribution in [-0.4, -0.2) is 56.6 Å². The fourth-order valence-electron chi connectivity index (χ4n) is 4.50. The molecule has 2 aliphatic rings. The number of carbonyl (C=O) groups is 1. The standard InChI is InChI=1S/C24H38N4O2.HI/c1-3-26-24(28-15-12-19(13-16-28)18-23(29)25-2)27-14-7-17-30-22-11-6-9-20-8-4-5-10-21(20)22;/h4-5,8,10,19,22H,3,6-7,9,11-18H2,1-2H3,(H,25,29)(H,26,27);1H. The lowest BCUT2D eigenvalue weighted by molar-refractivity contribution is -0.121. The third kappa shape index (κ3) is 7.93. The molecular formula is C24H39IN4O2. The maximum Gasteiger partial charge on any atom is 0.220 e. The lowest BCUT2D eigenvalue weighted by Crippen LogP contribution is -2.46. The highest BCUT2D eigenvalue weighted by molar-refractivity contribution is 14.0. The Balaban J connectivity index is 0.00000341. The number of likely N-dealkylation sites (tertiary alicyclic amines) is 1. The van der Waals surface area contributed by atoms with Crippen LogP contribution in [0.15, 0.2) is 29.3 Å². The van der Waals surface area contributed by atoms with E-state index in [1.54, 1.807) is 7.05 Å². The number of hydrogen-bond acceptors (Lipinski definition) is 3. The Hall–Kier alpha value is -1.35. The molecule has 3 rings (SSSR count). The quantitative estimate of drug-likeness (QED) is 0.227. The van der Waals surface area contributed by atoms with Crippen molar-refractivity contribution >= 4 is 35.8 Å². The summed E-state index contributed by atoms with van der Waals surface area (Å²) in [5, 5.41) is 6.16. The van der Waals surface area contributed by atoms with Gasteiger partial charge in [-0.25, -0.2) is 0 Å². The van der Waals surface area contributed by atoms with Crippen LogP contribution >= 0.6 is 24.0 Å². The third-order valence-electron chi connectivity index (χ3n) is 6.20. The van der Waals surface area contributed by atoms with Crippen LogP contribution in [0.1, 0.15) is 62.7 Å². The van der Waals surface area contributed by atoms with Crippen LogP contribution in [0.2, 0.25) is 0 Å². The zero-order valence-corrected chi connectivity index (χ0v) is 21.4. The summed E-state index contributed by atoms with van der Waals surface area (Å²) in [5.74, 6) is 1.63. The van der Waals surface area contributed by atoms with Gasteiger partial charge in [-0.3, -0.25) is 9.79 Å². The number of guanidine groups is 1. The fourth-order valence-corrected chi connectivity index (χ4v) is 4.50. The van der Waals surface area contributed by atoms with Crippen LogP contribution in [0.5, 0.6) is 0 Å². The maximum atomic E-state index is 11.6. The van der Waals surface area contributed by atoms with Gasteiger partial charge in [-0.15, -0.1) is 24.0 Å². The normalized spacial score (nSPS) is 19.4. The molecule has 0 spiro atoms. The molecular weight excluding hydrogens is 503 g/mol. The maximum absolute atomic E-state index is 11.6. The van der Waals surface area contributed by atoms with Crippen LogP contribution in [-0.2, 0) is 16.0 Å². The van der Waals surface area contributed by atoms with Crippen molar-refractivity contribution in [1.29, 1.82) is 0 Å². The molecule has 1 aromatic carbocycles. The first-order chi connectivity index (χ1) is 14.7. The predicted octanol–water partition coefficient (Wildman–Crippen LogP) is 3.90. The van der Waals surface area contributed by atoms with Gasteiger partial charge in [-0.2, -0.15) is 0 Å². The first-order valence-electron chi connectivity index (χ1n) is 11.6. The number of nitrogens with one attached hydrogen (secondary N) is 2. The van der Waals surface area contributed by atoms with E-state index < -0.39 is 0 Å². The SMILES string of the molecule is CCNC(=NCCCOC1CCCc2ccccc21)N1CCC(CC(=O)NC)CC1.I. The monoisotopic (exact) mass is 542 g/mol. The van der Waals surface area contributed by atoms with E-state index in [0.717, 1.165) is 64.4 Å². The Bertz CT molecular complexity index is 705. The van der Waals surface area contributed by atoms with Crippen LogP contribution < -0.4 is 10.6 Å². The van der Waals surface area contributed by atoms with E-state index in [4.69, 9.17) is 9.73 Å². The number of amides is 1. The van der Waals surface area contributed by atoms with E-state index in [1.165, 1.54) is 24.0 Å². The van der Waals surface area contributed by atoms with Crippen molar-refractivity contribution in [2.45, 2.75) is 58.0 Å². The van der Waals surface area contributed by atoms with Crippen LogP contribution in [0, 0.1) is 5.92 Å². The summed E-state index contributed by atoms with van der Waals surface area (Å²) in [5.41, 5.74) is 2.82. The first-order valence-corrected chi connectivity index (χ1v) is 11.6. The Morgan fingerprint density at radius 1 is 1.23 bits per heavy atom. The number of aryl methyl sites for hydroxylation is 1. The summed E-state index contributed by atoms with van der Waals surface area (Å²) in [4.78, 5) is 18.8. The number of benzene rings is 1. The molecule has 6 nitrogen and oxygen atoms in total. The van der Waals surface area contributed by atoms with Gasteiger partial charge in [-0.1, -0.05) is 24.3 Å². The molecule has 2 N–H and O–H groups in total. The number of aliphatic imine (C=N–C) groups is 1. The second kappa shape index (κ2) is 13.9. The summed E-state index contributed by atoms with van der Waals surface area (Å²) in [7, 11) is 1.71. The number of fused-ring (bicyclic) bond motifs is 1. The molecule has 0 bridgehead atoms. The molecule has 1 aromatic rings. The highest BCUT2D eigenvalue weighted by atomic mass is 127. The summed E-state index contributed by atoms with van der Waals surface area (Å²) in [6, 6.07) is 8.69.